The van der Waals surface area contributed by atoms with Crippen LogP contribution in [0.4, 0.5) is 0 Å². The van der Waals surface area contributed by atoms with E-state index in [0.29, 0.717) is 11.1 Å². The molecule has 1 aliphatic carbocycles. The highest BCUT2D eigenvalue weighted by atomic mass is 35.5. The van der Waals surface area contributed by atoms with E-state index in [9.17, 15) is 0 Å². The third-order valence-electron chi connectivity index (χ3n) is 2.44. The van der Waals surface area contributed by atoms with Crippen molar-refractivity contribution in [1.82, 2.24) is 15.2 Å². The van der Waals surface area contributed by atoms with Gasteiger partial charge < -0.3 is 0 Å². The van der Waals surface area contributed by atoms with Crippen molar-refractivity contribution in [3.63, 3.8) is 0 Å². The summed E-state index contributed by atoms with van der Waals surface area (Å²) in [6.45, 7) is 0. The number of hydrogen-bond donors (Lipinski definition) is 1. The molecule has 1 aliphatic rings. The van der Waals surface area contributed by atoms with Crippen molar-refractivity contribution in [2.75, 3.05) is 0 Å². The molecule has 0 radical (unpaired) electrons. The molecule has 4 heteroatoms. The molecule has 0 bridgehead atoms. The summed E-state index contributed by atoms with van der Waals surface area (Å²) in [5, 5.41) is 8.48. The normalized spacial score (nSPS) is 16.7. The van der Waals surface area contributed by atoms with Gasteiger partial charge in [0.15, 0.2) is 5.65 Å². The van der Waals surface area contributed by atoms with Crippen LogP contribution < -0.4 is 0 Å². The first-order chi connectivity index (χ1) is 6.34. The molecular weight excluding hydrogens is 186 g/mol. The number of pyridine rings is 1. The molecule has 1 fully saturated rings. The van der Waals surface area contributed by atoms with Crippen molar-refractivity contribution in [2.45, 2.75) is 18.8 Å². The molecule has 0 unspecified atom stereocenters. The van der Waals surface area contributed by atoms with Gasteiger partial charge in [-0.2, -0.15) is 5.10 Å². The molecule has 3 nitrogen and oxygen atoms in total. The van der Waals surface area contributed by atoms with Gasteiger partial charge in [-0.3, -0.25) is 5.10 Å². The quantitative estimate of drug-likeness (QED) is 0.707. The lowest BCUT2D eigenvalue weighted by molar-refractivity contribution is 1.10. The van der Waals surface area contributed by atoms with Gasteiger partial charge in [0.05, 0.1) is 6.20 Å². The van der Waals surface area contributed by atoms with Crippen molar-refractivity contribution in [3.05, 3.63) is 23.0 Å². The number of aromatic amines is 1. The zero-order chi connectivity index (χ0) is 8.84. The maximum absolute atomic E-state index is 5.89. The van der Waals surface area contributed by atoms with Crippen LogP contribution in [-0.2, 0) is 0 Å². The summed E-state index contributed by atoms with van der Waals surface area (Å²) < 4.78 is 0. The summed E-state index contributed by atoms with van der Waals surface area (Å²) >= 11 is 5.89. The highest BCUT2D eigenvalue weighted by Crippen LogP contribution is 2.43. The van der Waals surface area contributed by atoms with E-state index in [1.54, 1.807) is 0 Å². The van der Waals surface area contributed by atoms with E-state index in [1.807, 2.05) is 12.3 Å². The first-order valence-electron chi connectivity index (χ1n) is 4.34. The third kappa shape index (κ3) is 1.11. The fourth-order valence-corrected chi connectivity index (χ4v) is 1.86. The van der Waals surface area contributed by atoms with Crippen LogP contribution in [0.25, 0.3) is 11.0 Å². The third-order valence-corrected chi connectivity index (χ3v) is 2.63. The van der Waals surface area contributed by atoms with Gasteiger partial charge in [-0.15, -0.1) is 0 Å². The topological polar surface area (TPSA) is 41.6 Å². The summed E-state index contributed by atoms with van der Waals surface area (Å²) in [4.78, 5) is 4.15. The SMILES string of the molecule is Clc1cc(C2CC2)c2cn[nH]c2n1. The van der Waals surface area contributed by atoms with E-state index < -0.39 is 0 Å². The lowest BCUT2D eigenvalue weighted by Gasteiger charge is -1.99. The summed E-state index contributed by atoms with van der Waals surface area (Å²) in [5.74, 6) is 0.681. The Hall–Kier alpha value is -1.09. The van der Waals surface area contributed by atoms with Gasteiger partial charge in [0.1, 0.15) is 5.15 Å². The van der Waals surface area contributed by atoms with Gasteiger partial charge in [0.25, 0.3) is 0 Å². The molecule has 0 atom stereocenters. The molecule has 0 amide bonds. The Morgan fingerprint density at radius 2 is 2.31 bits per heavy atom. The van der Waals surface area contributed by atoms with Gasteiger partial charge in [-0.25, -0.2) is 4.98 Å². The van der Waals surface area contributed by atoms with E-state index in [1.165, 1.54) is 18.4 Å². The fourth-order valence-electron chi connectivity index (χ4n) is 1.65. The average molecular weight is 194 g/mol. The molecule has 1 N–H and O–H groups in total. The second-order valence-electron chi connectivity index (χ2n) is 3.44. The van der Waals surface area contributed by atoms with Crippen LogP contribution in [0.1, 0.15) is 24.3 Å². The lowest BCUT2D eigenvalue weighted by atomic mass is 10.1. The number of fused-ring (bicyclic) bond motifs is 1. The Morgan fingerprint density at radius 3 is 3.08 bits per heavy atom. The van der Waals surface area contributed by atoms with Crippen LogP contribution in [0.3, 0.4) is 0 Å². The first-order valence-corrected chi connectivity index (χ1v) is 4.72. The molecule has 2 aromatic rings. The number of nitrogens with one attached hydrogen (secondary N) is 1. The van der Waals surface area contributed by atoms with Crippen molar-refractivity contribution in [3.8, 4) is 0 Å². The minimum atomic E-state index is 0.554. The van der Waals surface area contributed by atoms with Crippen LogP contribution in [0.2, 0.25) is 5.15 Å². The van der Waals surface area contributed by atoms with Crippen molar-refractivity contribution >= 4 is 22.6 Å². The van der Waals surface area contributed by atoms with Crippen LogP contribution >= 0.6 is 11.6 Å². The van der Waals surface area contributed by atoms with Crippen molar-refractivity contribution in [2.24, 2.45) is 0 Å². The predicted molar refractivity (Wildman–Crippen MR) is 50.9 cm³/mol. The molecule has 0 saturated heterocycles. The Balaban J connectivity index is 2.33. The molecule has 0 aliphatic heterocycles. The minimum absolute atomic E-state index is 0.554. The number of nitrogens with zero attached hydrogens (tertiary/aromatic N) is 2. The largest absolute Gasteiger partial charge is 0.261 e. The molecule has 2 aromatic heterocycles. The Morgan fingerprint density at radius 1 is 1.46 bits per heavy atom. The van der Waals surface area contributed by atoms with Crippen LogP contribution in [-0.4, -0.2) is 15.2 Å². The first kappa shape index (κ1) is 7.33. The van der Waals surface area contributed by atoms with E-state index in [4.69, 9.17) is 11.6 Å². The highest BCUT2D eigenvalue weighted by Gasteiger charge is 2.26. The van der Waals surface area contributed by atoms with Gasteiger partial charge in [-0.05, 0) is 30.4 Å². The number of halogens is 1. The molecule has 13 heavy (non-hydrogen) atoms. The summed E-state index contributed by atoms with van der Waals surface area (Å²) in [5.41, 5.74) is 2.10. The van der Waals surface area contributed by atoms with Gasteiger partial charge in [-0.1, -0.05) is 11.6 Å². The molecule has 2 heterocycles. The molecule has 66 valence electrons. The Bertz CT molecular complexity index is 459. The Labute approximate surface area is 80.1 Å². The van der Waals surface area contributed by atoms with Gasteiger partial charge >= 0.3 is 0 Å². The monoisotopic (exact) mass is 193 g/mol. The standard InChI is InChI=1S/C9H8ClN3/c10-8-3-6(5-1-2-5)7-4-11-13-9(7)12-8/h3-5H,1-2H2,(H,11,12,13). The summed E-state index contributed by atoms with van der Waals surface area (Å²) in [6, 6.07) is 1.96. The minimum Gasteiger partial charge on any atom is -0.261 e. The van der Waals surface area contributed by atoms with Gasteiger partial charge in [0.2, 0.25) is 0 Å². The highest BCUT2D eigenvalue weighted by molar-refractivity contribution is 6.29. The molecular formula is C9H8ClN3. The van der Waals surface area contributed by atoms with E-state index in [0.717, 1.165) is 11.0 Å². The molecule has 1 saturated carbocycles. The average Bonchev–Trinajstić information content (AvgIpc) is 2.84. The summed E-state index contributed by atoms with van der Waals surface area (Å²) in [7, 11) is 0. The zero-order valence-corrected chi connectivity index (χ0v) is 7.67. The second-order valence-corrected chi connectivity index (χ2v) is 3.83. The van der Waals surface area contributed by atoms with Crippen LogP contribution in [0.15, 0.2) is 12.3 Å². The molecule has 3 rings (SSSR count). The molecule has 0 aromatic carbocycles. The van der Waals surface area contributed by atoms with E-state index in [2.05, 4.69) is 15.2 Å². The lowest BCUT2D eigenvalue weighted by Crippen LogP contribution is -1.85. The van der Waals surface area contributed by atoms with Gasteiger partial charge in [0, 0.05) is 5.39 Å². The Kier molecular flexibility index (Phi) is 1.38. The van der Waals surface area contributed by atoms with Crippen LogP contribution in [0, 0.1) is 0 Å². The van der Waals surface area contributed by atoms with Crippen molar-refractivity contribution < 1.29 is 0 Å². The maximum Gasteiger partial charge on any atom is 0.157 e. The van der Waals surface area contributed by atoms with E-state index >= 15 is 0 Å². The number of H-pyrrole nitrogens is 1. The maximum atomic E-state index is 5.89. The number of hydrogen-bond acceptors (Lipinski definition) is 2. The number of aromatic nitrogens is 3. The second kappa shape index (κ2) is 2.45. The summed E-state index contributed by atoms with van der Waals surface area (Å²) in [6.07, 6.45) is 4.35. The number of rotatable bonds is 1. The van der Waals surface area contributed by atoms with E-state index in [-0.39, 0.29) is 0 Å². The molecule has 0 spiro atoms. The smallest absolute Gasteiger partial charge is 0.157 e. The zero-order valence-electron chi connectivity index (χ0n) is 6.92. The predicted octanol–water partition coefficient (Wildman–Crippen LogP) is 2.49. The fraction of sp³-hybridized carbons (Fsp3) is 0.333. The van der Waals surface area contributed by atoms with Crippen LogP contribution in [0.5, 0.6) is 0 Å². The van der Waals surface area contributed by atoms with Crippen molar-refractivity contribution in [1.29, 1.82) is 0 Å².